The van der Waals surface area contributed by atoms with Gasteiger partial charge in [-0.15, -0.1) is 0 Å². The lowest BCUT2D eigenvalue weighted by atomic mass is 10.2. The zero-order valence-electron chi connectivity index (χ0n) is 7.18. The Hall–Kier alpha value is 0.270. The highest BCUT2D eigenvalue weighted by Gasteiger charge is 2.15. The summed E-state index contributed by atoms with van der Waals surface area (Å²) >= 11 is 2.09. The van der Waals surface area contributed by atoms with Gasteiger partial charge in [-0.1, -0.05) is 0 Å². The van der Waals surface area contributed by atoms with Crippen molar-refractivity contribution in [1.82, 2.24) is 5.32 Å². The first-order valence-electron chi connectivity index (χ1n) is 4.38. The minimum atomic E-state index is 0.483. The van der Waals surface area contributed by atoms with Gasteiger partial charge in [0.1, 0.15) is 0 Å². The predicted molar refractivity (Wildman–Crippen MR) is 52.0 cm³/mol. The van der Waals surface area contributed by atoms with Crippen molar-refractivity contribution in [2.24, 2.45) is 5.73 Å². The van der Waals surface area contributed by atoms with Crippen LogP contribution in [0.5, 0.6) is 0 Å². The molecule has 0 aromatic heterocycles. The maximum Gasteiger partial charge on any atom is 0.0172 e. The van der Waals surface area contributed by atoms with Gasteiger partial charge < -0.3 is 11.1 Å². The van der Waals surface area contributed by atoms with Crippen LogP contribution >= 0.6 is 11.8 Å². The van der Waals surface area contributed by atoms with E-state index in [9.17, 15) is 0 Å². The Bertz CT molecular complexity index is 102. The van der Waals surface area contributed by atoms with E-state index in [1.165, 1.54) is 18.6 Å². The topological polar surface area (TPSA) is 38.0 Å². The molecular weight excluding hydrogens is 156 g/mol. The fraction of sp³-hybridized carbons (Fsp3) is 1.00. The smallest absolute Gasteiger partial charge is 0.0172 e. The van der Waals surface area contributed by atoms with E-state index in [4.69, 9.17) is 5.73 Å². The third kappa shape index (κ3) is 3.45. The predicted octanol–water partition coefficient (Wildman–Crippen LogP) is 0.819. The summed E-state index contributed by atoms with van der Waals surface area (Å²) in [7, 11) is 0. The lowest BCUT2D eigenvalue weighted by molar-refractivity contribution is 0.545. The van der Waals surface area contributed by atoms with Crippen LogP contribution in [0.3, 0.4) is 0 Å². The summed E-state index contributed by atoms with van der Waals surface area (Å²) in [5.74, 6) is 1.35. The summed E-state index contributed by atoms with van der Waals surface area (Å²) in [5, 5.41) is 4.28. The average Bonchev–Trinajstić information content (AvgIpc) is 2.52. The number of hydrogen-bond donors (Lipinski definition) is 2. The van der Waals surface area contributed by atoms with Crippen molar-refractivity contribution in [3.05, 3.63) is 0 Å². The SMILES string of the molecule is C[C@@H](CN)NCC1CCCS1. The first kappa shape index (κ1) is 9.36. The molecule has 0 aliphatic carbocycles. The molecule has 1 rings (SSSR count). The second kappa shape index (κ2) is 5.01. The Morgan fingerprint density at radius 3 is 3.09 bits per heavy atom. The first-order chi connectivity index (χ1) is 5.33. The maximum atomic E-state index is 5.49. The highest BCUT2D eigenvalue weighted by Crippen LogP contribution is 2.25. The molecule has 0 radical (unpaired) electrons. The second-order valence-electron chi connectivity index (χ2n) is 3.18. The van der Waals surface area contributed by atoms with Gasteiger partial charge >= 0.3 is 0 Å². The number of nitrogens with two attached hydrogens (primary N) is 1. The van der Waals surface area contributed by atoms with Crippen LogP contribution in [0.1, 0.15) is 19.8 Å². The van der Waals surface area contributed by atoms with E-state index >= 15 is 0 Å². The number of rotatable bonds is 4. The molecule has 0 saturated carbocycles. The lowest BCUT2D eigenvalue weighted by Crippen LogP contribution is -2.36. The van der Waals surface area contributed by atoms with E-state index < -0.39 is 0 Å². The van der Waals surface area contributed by atoms with Gasteiger partial charge in [0.25, 0.3) is 0 Å². The summed E-state index contributed by atoms with van der Waals surface area (Å²) in [6.07, 6.45) is 2.78. The third-order valence-corrected chi connectivity index (χ3v) is 3.47. The first-order valence-corrected chi connectivity index (χ1v) is 5.43. The van der Waals surface area contributed by atoms with Gasteiger partial charge in [-0.3, -0.25) is 0 Å². The van der Waals surface area contributed by atoms with Crippen molar-refractivity contribution in [2.75, 3.05) is 18.8 Å². The third-order valence-electron chi connectivity index (χ3n) is 2.07. The average molecular weight is 174 g/mol. The fourth-order valence-corrected chi connectivity index (χ4v) is 2.44. The van der Waals surface area contributed by atoms with Crippen LogP contribution in [-0.4, -0.2) is 30.1 Å². The van der Waals surface area contributed by atoms with Gasteiger partial charge in [-0.25, -0.2) is 0 Å². The molecule has 0 bridgehead atoms. The Labute approximate surface area is 73.3 Å². The van der Waals surface area contributed by atoms with Crippen LogP contribution in [0, 0.1) is 0 Å². The largest absolute Gasteiger partial charge is 0.329 e. The molecule has 0 aromatic carbocycles. The normalized spacial score (nSPS) is 27.3. The Balaban J connectivity index is 2.01. The summed E-state index contributed by atoms with van der Waals surface area (Å²) in [4.78, 5) is 0. The van der Waals surface area contributed by atoms with Gasteiger partial charge in [-0.2, -0.15) is 11.8 Å². The van der Waals surface area contributed by atoms with E-state index in [-0.39, 0.29) is 0 Å². The van der Waals surface area contributed by atoms with Gasteiger partial charge in [0.15, 0.2) is 0 Å². The van der Waals surface area contributed by atoms with Crippen molar-refractivity contribution >= 4 is 11.8 Å². The molecule has 1 aliphatic heterocycles. The number of thioether (sulfide) groups is 1. The lowest BCUT2D eigenvalue weighted by Gasteiger charge is -2.14. The van der Waals surface area contributed by atoms with Gasteiger partial charge in [0.2, 0.25) is 0 Å². The van der Waals surface area contributed by atoms with Crippen molar-refractivity contribution in [2.45, 2.75) is 31.1 Å². The van der Waals surface area contributed by atoms with E-state index in [0.29, 0.717) is 6.04 Å². The van der Waals surface area contributed by atoms with Crippen molar-refractivity contribution in [3.8, 4) is 0 Å². The van der Waals surface area contributed by atoms with Gasteiger partial charge in [0, 0.05) is 24.4 Å². The molecule has 0 spiro atoms. The quantitative estimate of drug-likeness (QED) is 0.662. The number of nitrogens with one attached hydrogen (secondary N) is 1. The minimum Gasteiger partial charge on any atom is -0.329 e. The molecule has 3 heteroatoms. The number of hydrogen-bond acceptors (Lipinski definition) is 3. The maximum absolute atomic E-state index is 5.49. The molecule has 1 heterocycles. The highest BCUT2D eigenvalue weighted by molar-refractivity contribution is 8.00. The molecule has 0 aromatic rings. The molecule has 2 nitrogen and oxygen atoms in total. The summed E-state index contributed by atoms with van der Waals surface area (Å²) in [6, 6.07) is 0.483. The molecule has 1 fully saturated rings. The standard InChI is InChI=1S/C8H18N2S/c1-7(5-9)10-6-8-3-2-4-11-8/h7-8,10H,2-6,9H2,1H3/t7-,8?/m0/s1. The Kier molecular flexibility index (Phi) is 4.26. The molecule has 2 atom stereocenters. The monoisotopic (exact) mass is 174 g/mol. The van der Waals surface area contributed by atoms with E-state index in [2.05, 4.69) is 24.0 Å². The minimum absolute atomic E-state index is 0.483. The van der Waals surface area contributed by atoms with Crippen molar-refractivity contribution < 1.29 is 0 Å². The molecule has 1 unspecified atom stereocenters. The molecule has 66 valence electrons. The van der Waals surface area contributed by atoms with E-state index in [0.717, 1.165) is 18.3 Å². The van der Waals surface area contributed by atoms with Crippen LogP contribution < -0.4 is 11.1 Å². The van der Waals surface area contributed by atoms with E-state index in [1.807, 2.05) is 0 Å². The summed E-state index contributed by atoms with van der Waals surface area (Å²) < 4.78 is 0. The molecular formula is C8H18N2S. The Morgan fingerprint density at radius 2 is 2.55 bits per heavy atom. The molecule has 1 saturated heterocycles. The van der Waals surface area contributed by atoms with Crippen LogP contribution in [0.25, 0.3) is 0 Å². The fourth-order valence-electron chi connectivity index (χ4n) is 1.22. The summed E-state index contributed by atoms with van der Waals surface area (Å²) in [6.45, 7) is 4.03. The zero-order valence-corrected chi connectivity index (χ0v) is 7.99. The second-order valence-corrected chi connectivity index (χ2v) is 4.59. The molecule has 3 N–H and O–H groups in total. The van der Waals surface area contributed by atoms with Crippen molar-refractivity contribution in [1.29, 1.82) is 0 Å². The highest BCUT2D eigenvalue weighted by atomic mass is 32.2. The molecule has 1 aliphatic rings. The molecule has 11 heavy (non-hydrogen) atoms. The summed E-state index contributed by atoms with van der Waals surface area (Å²) in [5.41, 5.74) is 5.49. The zero-order chi connectivity index (χ0) is 8.10. The van der Waals surface area contributed by atoms with Crippen LogP contribution in [0.2, 0.25) is 0 Å². The van der Waals surface area contributed by atoms with Crippen LogP contribution in [0.4, 0.5) is 0 Å². The van der Waals surface area contributed by atoms with Crippen LogP contribution in [-0.2, 0) is 0 Å². The van der Waals surface area contributed by atoms with Crippen molar-refractivity contribution in [3.63, 3.8) is 0 Å². The van der Waals surface area contributed by atoms with Gasteiger partial charge in [0.05, 0.1) is 0 Å². The Morgan fingerprint density at radius 1 is 1.73 bits per heavy atom. The van der Waals surface area contributed by atoms with Gasteiger partial charge in [-0.05, 0) is 25.5 Å². The van der Waals surface area contributed by atoms with Crippen LogP contribution in [0.15, 0.2) is 0 Å². The molecule has 0 amide bonds. The van der Waals surface area contributed by atoms with E-state index in [1.54, 1.807) is 0 Å².